The van der Waals surface area contributed by atoms with Gasteiger partial charge in [-0.25, -0.2) is 0 Å². The van der Waals surface area contributed by atoms with Crippen molar-refractivity contribution in [1.29, 1.82) is 0 Å². The molecule has 6 nitrogen and oxygen atoms in total. The minimum Gasteiger partial charge on any atom is -0.494 e. The standard InChI is InChI=1S/C20H19N3O3/c1-13-8-10-15(11-9-13)23-18(24)12-17(26-3)19(22-23)20(25)21-16-7-5-4-6-14(16)2/h4-12H,1-3H3,(H,21,25). The molecule has 1 aromatic heterocycles. The van der Waals surface area contributed by atoms with Gasteiger partial charge in [-0.1, -0.05) is 35.9 Å². The van der Waals surface area contributed by atoms with Crippen molar-refractivity contribution in [2.24, 2.45) is 0 Å². The normalized spacial score (nSPS) is 10.4. The monoisotopic (exact) mass is 349 g/mol. The minimum atomic E-state index is -0.447. The first-order valence-corrected chi connectivity index (χ1v) is 8.12. The van der Waals surface area contributed by atoms with Crippen LogP contribution in [0.15, 0.2) is 59.4 Å². The van der Waals surface area contributed by atoms with Gasteiger partial charge in [0.05, 0.1) is 18.9 Å². The number of nitrogens with one attached hydrogen (secondary N) is 1. The molecule has 0 bridgehead atoms. The van der Waals surface area contributed by atoms with E-state index in [1.807, 2.05) is 44.2 Å². The first-order valence-electron chi connectivity index (χ1n) is 8.12. The molecule has 0 aliphatic rings. The predicted octanol–water partition coefficient (Wildman–Crippen LogP) is 3.11. The van der Waals surface area contributed by atoms with E-state index in [0.717, 1.165) is 11.1 Å². The summed E-state index contributed by atoms with van der Waals surface area (Å²) >= 11 is 0. The smallest absolute Gasteiger partial charge is 0.280 e. The highest BCUT2D eigenvalue weighted by molar-refractivity contribution is 6.05. The Morgan fingerprint density at radius 2 is 1.77 bits per heavy atom. The number of aromatic nitrogens is 2. The van der Waals surface area contributed by atoms with Crippen molar-refractivity contribution in [2.45, 2.75) is 13.8 Å². The summed E-state index contributed by atoms with van der Waals surface area (Å²) in [5.74, 6) is -0.318. The number of carbonyl (C=O) groups is 1. The van der Waals surface area contributed by atoms with E-state index in [1.54, 1.807) is 18.2 Å². The van der Waals surface area contributed by atoms with Crippen LogP contribution in [-0.4, -0.2) is 22.8 Å². The Morgan fingerprint density at radius 3 is 2.42 bits per heavy atom. The lowest BCUT2D eigenvalue weighted by Crippen LogP contribution is -2.26. The molecule has 3 rings (SSSR count). The second-order valence-electron chi connectivity index (χ2n) is 5.92. The highest BCUT2D eigenvalue weighted by Crippen LogP contribution is 2.19. The van der Waals surface area contributed by atoms with Crippen LogP contribution in [0.1, 0.15) is 21.6 Å². The van der Waals surface area contributed by atoms with E-state index in [1.165, 1.54) is 17.9 Å². The molecule has 1 amide bonds. The van der Waals surface area contributed by atoms with E-state index in [-0.39, 0.29) is 17.0 Å². The second kappa shape index (κ2) is 7.23. The number of aryl methyl sites for hydroxylation is 2. The fraction of sp³-hybridized carbons (Fsp3) is 0.150. The summed E-state index contributed by atoms with van der Waals surface area (Å²) in [6.45, 7) is 3.85. The third-order valence-electron chi connectivity index (χ3n) is 4.00. The number of nitrogens with zero attached hydrogens (tertiary/aromatic N) is 2. The molecule has 1 heterocycles. The Bertz CT molecular complexity index is 1010. The van der Waals surface area contributed by atoms with E-state index < -0.39 is 5.91 Å². The topological polar surface area (TPSA) is 73.2 Å². The lowest BCUT2D eigenvalue weighted by Gasteiger charge is -2.12. The van der Waals surface area contributed by atoms with Crippen LogP contribution in [-0.2, 0) is 0 Å². The maximum atomic E-state index is 12.7. The highest BCUT2D eigenvalue weighted by Gasteiger charge is 2.18. The van der Waals surface area contributed by atoms with Crippen molar-refractivity contribution >= 4 is 11.6 Å². The molecule has 0 unspecified atom stereocenters. The van der Waals surface area contributed by atoms with Crippen molar-refractivity contribution in [2.75, 3.05) is 12.4 Å². The van der Waals surface area contributed by atoms with Crippen molar-refractivity contribution in [3.8, 4) is 11.4 Å². The van der Waals surface area contributed by atoms with Gasteiger partial charge in [0, 0.05) is 5.69 Å². The quantitative estimate of drug-likeness (QED) is 0.785. The van der Waals surface area contributed by atoms with Gasteiger partial charge >= 0.3 is 0 Å². The highest BCUT2D eigenvalue weighted by atomic mass is 16.5. The molecule has 0 atom stereocenters. The molecule has 1 N–H and O–H groups in total. The number of hydrogen-bond donors (Lipinski definition) is 1. The average molecular weight is 349 g/mol. The maximum Gasteiger partial charge on any atom is 0.280 e. The zero-order valence-corrected chi connectivity index (χ0v) is 14.8. The summed E-state index contributed by atoms with van der Waals surface area (Å²) in [5.41, 5.74) is 2.90. The van der Waals surface area contributed by atoms with Crippen LogP contribution in [0.25, 0.3) is 5.69 Å². The molecule has 26 heavy (non-hydrogen) atoms. The fourth-order valence-electron chi connectivity index (χ4n) is 2.52. The van der Waals surface area contributed by atoms with Gasteiger partial charge < -0.3 is 10.1 Å². The third kappa shape index (κ3) is 3.49. The zero-order valence-electron chi connectivity index (χ0n) is 14.8. The van der Waals surface area contributed by atoms with Crippen LogP contribution in [0.4, 0.5) is 5.69 Å². The van der Waals surface area contributed by atoms with Gasteiger partial charge in [-0.2, -0.15) is 9.78 Å². The van der Waals surface area contributed by atoms with E-state index in [4.69, 9.17) is 4.74 Å². The molecule has 0 aliphatic heterocycles. The number of anilines is 1. The van der Waals surface area contributed by atoms with Crippen LogP contribution in [0.3, 0.4) is 0 Å². The van der Waals surface area contributed by atoms with Gasteiger partial charge in [-0.3, -0.25) is 9.59 Å². The summed E-state index contributed by atoms with van der Waals surface area (Å²) in [6, 6.07) is 16.0. The zero-order chi connectivity index (χ0) is 18.7. The lowest BCUT2D eigenvalue weighted by atomic mass is 10.2. The summed E-state index contributed by atoms with van der Waals surface area (Å²) in [4.78, 5) is 25.1. The average Bonchev–Trinajstić information content (AvgIpc) is 2.64. The van der Waals surface area contributed by atoms with Gasteiger partial charge in [-0.05, 0) is 37.6 Å². The largest absolute Gasteiger partial charge is 0.494 e. The SMILES string of the molecule is COc1cc(=O)n(-c2ccc(C)cc2)nc1C(=O)Nc1ccccc1C. The molecule has 0 fully saturated rings. The Balaban J connectivity index is 2.04. The van der Waals surface area contributed by atoms with Crippen LogP contribution >= 0.6 is 0 Å². The van der Waals surface area contributed by atoms with Gasteiger partial charge in [0.1, 0.15) is 0 Å². The summed E-state index contributed by atoms with van der Waals surface area (Å²) in [6.07, 6.45) is 0. The van der Waals surface area contributed by atoms with Gasteiger partial charge in [0.25, 0.3) is 11.5 Å². The van der Waals surface area contributed by atoms with Gasteiger partial charge in [-0.15, -0.1) is 0 Å². The Labute approximate surface area is 151 Å². The number of carbonyl (C=O) groups excluding carboxylic acids is 1. The molecule has 2 aromatic carbocycles. The van der Waals surface area contributed by atoms with Crippen LogP contribution < -0.4 is 15.6 Å². The molecule has 0 aliphatic carbocycles. The number of ether oxygens (including phenoxy) is 1. The first-order chi connectivity index (χ1) is 12.5. The van der Waals surface area contributed by atoms with Crippen LogP contribution in [0, 0.1) is 13.8 Å². The Kier molecular flexibility index (Phi) is 4.84. The van der Waals surface area contributed by atoms with Crippen molar-refractivity contribution in [3.63, 3.8) is 0 Å². The number of hydrogen-bond acceptors (Lipinski definition) is 4. The van der Waals surface area contributed by atoms with E-state index in [2.05, 4.69) is 10.4 Å². The van der Waals surface area contributed by atoms with Crippen molar-refractivity contribution in [1.82, 2.24) is 9.78 Å². The predicted molar refractivity (Wildman–Crippen MR) is 100 cm³/mol. The van der Waals surface area contributed by atoms with Gasteiger partial charge in [0.2, 0.25) is 0 Å². The van der Waals surface area contributed by atoms with Crippen molar-refractivity contribution < 1.29 is 9.53 Å². The molecule has 6 heteroatoms. The number of rotatable bonds is 4. The minimum absolute atomic E-state index is 0.0379. The molecule has 0 saturated heterocycles. The molecule has 132 valence electrons. The van der Waals surface area contributed by atoms with Crippen LogP contribution in [0.5, 0.6) is 5.75 Å². The first kappa shape index (κ1) is 17.4. The molecular weight excluding hydrogens is 330 g/mol. The Morgan fingerprint density at radius 1 is 1.08 bits per heavy atom. The van der Waals surface area contributed by atoms with Crippen LogP contribution in [0.2, 0.25) is 0 Å². The molecule has 3 aromatic rings. The Hall–Kier alpha value is -3.41. The fourth-order valence-corrected chi connectivity index (χ4v) is 2.52. The molecule has 0 spiro atoms. The van der Waals surface area contributed by atoms with Gasteiger partial charge in [0.15, 0.2) is 11.4 Å². The summed E-state index contributed by atoms with van der Waals surface area (Å²) < 4.78 is 6.38. The maximum absolute atomic E-state index is 12.7. The van der Waals surface area contributed by atoms with E-state index >= 15 is 0 Å². The molecule has 0 radical (unpaired) electrons. The lowest BCUT2D eigenvalue weighted by molar-refractivity contribution is 0.101. The number of methoxy groups -OCH3 is 1. The molecule has 0 saturated carbocycles. The third-order valence-corrected chi connectivity index (χ3v) is 4.00. The van der Waals surface area contributed by atoms with E-state index in [0.29, 0.717) is 11.4 Å². The van der Waals surface area contributed by atoms with E-state index in [9.17, 15) is 9.59 Å². The number of benzene rings is 2. The molecular formula is C20H19N3O3. The number of para-hydroxylation sites is 1. The summed E-state index contributed by atoms with van der Waals surface area (Å²) in [7, 11) is 1.40. The summed E-state index contributed by atoms with van der Waals surface area (Å²) in [5, 5.41) is 7.05. The van der Waals surface area contributed by atoms with Crippen molar-refractivity contribution in [3.05, 3.63) is 81.8 Å². The second-order valence-corrected chi connectivity index (χ2v) is 5.92. The number of amides is 1.